The zero-order valence-electron chi connectivity index (χ0n) is 21.7. The maximum atomic E-state index is 13.8. The Morgan fingerprint density at radius 1 is 1.21 bits per heavy atom. The number of rotatable bonds is 11. The third-order valence-electron chi connectivity index (χ3n) is 6.38. The van der Waals surface area contributed by atoms with Crippen LogP contribution < -0.4 is 15.3 Å². The molecule has 1 fully saturated rings. The summed E-state index contributed by atoms with van der Waals surface area (Å²) in [7, 11) is -4.07. The van der Waals surface area contributed by atoms with Crippen molar-refractivity contribution in [3.05, 3.63) is 55.1 Å². The molecular weight excluding hydrogens is 511 g/mol. The number of hydrogen-bond acceptors (Lipinski definition) is 10. The van der Waals surface area contributed by atoms with E-state index in [2.05, 4.69) is 26.6 Å². The molecule has 12 nitrogen and oxygen atoms in total. The molecule has 0 amide bonds. The summed E-state index contributed by atoms with van der Waals surface area (Å²) in [4.78, 5) is 25.0. The fourth-order valence-electron chi connectivity index (χ4n) is 4.58. The summed E-state index contributed by atoms with van der Waals surface area (Å²) in [6.45, 7) is 10.8. The Morgan fingerprint density at radius 3 is 2.58 bits per heavy atom. The number of aliphatic hydroxyl groups excluding tert-OH is 1. The van der Waals surface area contributed by atoms with Gasteiger partial charge in [-0.1, -0.05) is 24.8 Å². The Kier molecular flexibility index (Phi) is 8.17. The number of benzene rings is 1. The molecule has 3 aromatic rings. The number of nitrogen functional groups attached to an aromatic ring is 1. The van der Waals surface area contributed by atoms with Crippen molar-refractivity contribution in [3.63, 3.8) is 0 Å². The smallest absolute Gasteiger partial charge is 0.459 e. The van der Waals surface area contributed by atoms with Gasteiger partial charge < -0.3 is 24.7 Å². The van der Waals surface area contributed by atoms with Crippen LogP contribution in [0.4, 0.5) is 5.82 Å². The molecule has 1 saturated carbocycles. The van der Waals surface area contributed by atoms with Gasteiger partial charge in [0.2, 0.25) is 0 Å². The maximum absolute atomic E-state index is 13.8. The van der Waals surface area contributed by atoms with Crippen molar-refractivity contribution >= 4 is 30.7 Å². The molecule has 1 aliphatic carbocycles. The average Bonchev–Trinajstić information content (AvgIpc) is 3.27. The zero-order valence-corrected chi connectivity index (χ0v) is 22.6. The van der Waals surface area contributed by atoms with Gasteiger partial charge in [-0.25, -0.2) is 19.5 Å². The number of nitrogens with zero attached hydrogens (tertiary/aromatic N) is 4. The first-order valence-corrected chi connectivity index (χ1v) is 13.8. The second-order valence-corrected chi connectivity index (χ2v) is 11.3. The number of nitrogens with two attached hydrogens (primary N) is 1. The van der Waals surface area contributed by atoms with Crippen LogP contribution in [0.15, 0.2) is 55.1 Å². The standard InChI is InChI=1S/C25H33N6O6P/c1-14(2)36-25(33)16(4)30-38(34,37-18-9-7-6-8-10-18)35-11-19-15(3)22(20(19)17(5)32)31-13-29-21-23(26)27-12-28-24(21)31/h6-10,12-14,16-17,19-20,22,32H,3,11H2,1-2,4-5H3,(H,30,34)(H2,26,27,28)/t16-,17+,19-,20+,22+,38?/m0/s1. The highest BCUT2D eigenvalue weighted by Gasteiger charge is 2.50. The minimum absolute atomic E-state index is 0.0856. The van der Waals surface area contributed by atoms with Crippen LogP contribution in [0, 0.1) is 11.8 Å². The van der Waals surface area contributed by atoms with E-state index in [4.69, 9.17) is 19.5 Å². The molecule has 4 rings (SSSR count). The summed E-state index contributed by atoms with van der Waals surface area (Å²) in [5.41, 5.74) is 7.63. The lowest BCUT2D eigenvalue weighted by Crippen LogP contribution is -2.48. The fourth-order valence-corrected chi connectivity index (χ4v) is 6.10. The number of esters is 1. The largest absolute Gasteiger partial charge is 0.462 e. The van der Waals surface area contributed by atoms with Crippen LogP contribution in [0.25, 0.3) is 11.2 Å². The van der Waals surface area contributed by atoms with Crippen molar-refractivity contribution in [2.45, 2.75) is 52.0 Å². The highest BCUT2D eigenvalue weighted by Crippen LogP contribution is 2.53. The number of hydrogen-bond donors (Lipinski definition) is 3. The monoisotopic (exact) mass is 544 g/mol. The lowest BCUT2D eigenvalue weighted by atomic mass is 9.63. The summed E-state index contributed by atoms with van der Waals surface area (Å²) < 4.78 is 32.4. The molecule has 1 unspecified atom stereocenters. The molecule has 0 radical (unpaired) electrons. The Morgan fingerprint density at radius 2 is 1.92 bits per heavy atom. The van der Waals surface area contributed by atoms with Crippen molar-refractivity contribution in [2.24, 2.45) is 11.8 Å². The number of anilines is 1. The molecule has 2 heterocycles. The van der Waals surface area contributed by atoms with Crippen LogP contribution >= 0.6 is 7.75 Å². The summed E-state index contributed by atoms with van der Waals surface area (Å²) >= 11 is 0. The summed E-state index contributed by atoms with van der Waals surface area (Å²) in [5, 5.41) is 13.3. The van der Waals surface area contributed by atoms with E-state index in [1.54, 1.807) is 62.0 Å². The highest BCUT2D eigenvalue weighted by molar-refractivity contribution is 7.52. The maximum Gasteiger partial charge on any atom is 0.459 e. The second-order valence-electron chi connectivity index (χ2n) is 9.56. The number of imidazole rings is 1. The molecule has 0 spiro atoms. The zero-order chi connectivity index (χ0) is 27.6. The Hall–Kier alpha value is -3.31. The average molecular weight is 545 g/mol. The van der Waals surface area contributed by atoms with Crippen molar-refractivity contribution in [1.82, 2.24) is 24.6 Å². The topological polar surface area (TPSA) is 164 Å². The van der Waals surface area contributed by atoms with Crippen LogP contribution in [-0.4, -0.2) is 55.5 Å². The predicted octanol–water partition coefficient (Wildman–Crippen LogP) is 3.27. The van der Waals surface area contributed by atoms with Gasteiger partial charge in [0.15, 0.2) is 11.5 Å². The second kappa shape index (κ2) is 11.2. The quantitative estimate of drug-likeness (QED) is 0.184. The van der Waals surface area contributed by atoms with Crippen molar-refractivity contribution in [3.8, 4) is 5.75 Å². The van der Waals surface area contributed by atoms with Gasteiger partial charge in [0, 0.05) is 11.8 Å². The van der Waals surface area contributed by atoms with Gasteiger partial charge >= 0.3 is 13.7 Å². The van der Waals surface area contributed by atoms with E-state index in [0.717, 1.165) is 5.57 Å². The van der Waals surface area contributed by atoms with Crippen molar-refractivity contribution < 1.29 is 28.3 Å². The molecule has 0 saturated heterocycles. The van der Waals surface area contributed by atoms with E-state index in [-0.39, 0.29) is 36.4 Å². The molecule has 13 heteroatoms. The Bertz CT molecular complexity index is 1350. The number of para-hydroxylation sites is 1. The van der Waals surface area contributed by atoms with Gasteiger partial charge in [-0.3, -0.25) is 9.32 Å². The third kappa shape index (κ3) is 5.73. The number of ether oxygens (including phenoxy) is 1. The number of carbonyl (C=O) groups excluding carboxylic acids is 1. The molecule has 204 valence electrons. The van der Waals surface area contributed by atoms with E-state index in [1.165, 1.54) is 13.3 Å². The molecule has 1 aromatic carbocycles. The van der Waals surface area contributed by atoms with E-state index in [1.807, 2.05) is 0 Å². The molecule has 2 aromatic heterocycles. The van der Waals surface area contributed by atoms with Crippen LogP contribution in [0.1, 0.15) is 33.7 Å². The number of nitrogens with one attached hydrogen (secondary N) is 1. The van der Waals surface area contributed by atoms with Crippen LogP contribution in [0.5, 0.6) is 5.75 Å². The number of carbonyl (C=O) groups is 1. The molecule has 1 aliphatic rings. The van der Waals surface area contributed by atoms with Gasteiger partial charge in [-0.2, -0.15) is 5.09 Å². The fraction of sp³-hybridized carbons (Fsp3) is 0.440. The molecular formula is C25H33N6O6P. The third-order valence-corrected chi connectivity index (χ3v) is 8.02. The molecule has 6 atom stereocenters. The van der Waals surface area contributed by atoms with Crippen LogP contribution in [-0.2, 0) is 18.6 Å². The number of aromatic nitrogens is 4. The molecule has 0 aliphatic heterocycles. The minimum Gasteiger partial charge on any atom is -0.462 e. The van der Waals surface area contributed by atoms with Gasteiger partial charge in [0.25, 0.3) is 0 Å². The van der Waals surface area contributed by atoms with Crippen molar-refractivity contribution in [1.29, 1.82) is 0 Å². The van der Waals surface area contributed by atoms with E-state index < -0.39 is 25.9 Å². The number of aliphatic hydroxyl groups is 1. The minimum atomic E-state index is -4.07. The number of fused-ring (bicyclic) bond motifs is 1. The normalized spacial score (nSPS) is 22.5. The lowest BCUT2D eigenvalue weighted by molar-refractivity contribution is -0.149. The van der Waals surface area contributed by atoms with Gasteiger partial charge in [-0.15, -0.1) is 0 Å². The summed E-state index contributed by atoms with van der Waals surface area (Å²) in [5.74, 6) is -0.771. The SMILES string of the molecule is C=C1[C@@H](n2cnc3c(N)ncnc32)[C@H]([C@@H](C)O)[C@H]1COP(=O)(N[C@@H](C)C(=O)OC(C)C)Oc1ccccc1. The molecule has 38 heavy (non-hydrogen) atoms. The first-order valence-electron chi connectivity index (χ1n) is 12.3. The van der Waals surface area contributed by atoms with Gasteiger partial charge in [-0.05, 0) is 45.4 Å². The van der Waals surface area contributed by atoms with E-state index >= 15 is 0 Å². The Labute approximate surface area is 220 Å². The summed E-state index contributed by atoms with van der Waals surface area (Å²) in [6.07, 6.45) is 1.83. The molecule has 0 bridgehead atoms. The predicted molar refractivity (Wildman–Crippen MR) is 141 cm³/mol. The van der Waals surface area contributed by atoms with Crippen LogP contribution in [0.2, 0.25) is 0 Å². The Balaban J connectivity index is 1.54. The van der Waals surface area contributed by atoms with Crippen LogP contribution in [0.3, 0.4) is 0 Å². The lowest BCUT2D eigenvalue weighted by Gasteiger charge is -2.49. The summed E-state index contributed by atoms with van der Waals surface area (Å²) in [6, 6.07) is 7.18. The van der Waals surface area contributed by atoms with Crippen molar-refractivity contribution in [2.75, 3.05) is 12.3 Å². The first kappa shape index (κ1) is 27.7. The van der Waals surface area contributed by atoms with Gasteiger partial charge in [0.05, 0.1) is 31.2 Å². The molecule has 4 N–H and O–H groups in total. The van der Waals surface area contributed by atoms with E-state index in [9.17, 15) is 14.5 Å². The highest BCUT2D eigenvalue weighted by atomic mass is 31.2. The first-order chi connectivity index (χ1) is 18.0. The van der Waals surface area contributed by atoms with E-state index in [0.29, 0.717) is 16.9 Å². The van der Waals surface area contributed by atoms with Gasteiger partial charge in [0.1, 0.15) is 23.6 Å².